The molecule has 0 amide bonds. The lowest BCUT2D eigenvalue weighted by Crippen LogP contribution is -2.28. The number of aromatic nitrogens is 1. The number of pyridine rings is 1. The highest BCUT2D eigenvalue weighted by Gasteiger charge is 2.54. The minimum absolute atomic E-state index is 0.0236. The molecular formula is C32H29FN2O3S. The van der Waals surface area contributed by atoms with Crippen molar-refractivity contribution in [3.05, 3.63) is 94.8 Å². The second kappa shape index (κ2) is 10.5. The Morgan fingerprint density at radius 2 is 1.77 bits per heavy atom. The van der Waals surface area contributed by atoms with Crippen LogP contribution >= 0.6 is 11.3 Å². The Balaban J connectivity index is 1.16. The van der Waals surface area contributed by atoms with Crippen molar-refractivity contribution in [3.8, 4) is 11.5 Å². The zero-order valence-corrected chi connectivity index (χ0v) is 22.6. The maximum absolute atomic E-state index is 15.1. The molecule has 0 unspecified atom stereocenters. The summed E-state index contributed by atoms with van der Waals surface area (Å²) < 4.78 is 22.0. The minimum Gasteiger partial charge on any atom is -0.453 e. The predicted octanol–water partition coefficient (Wildman–Crippen LogP) is 6.65. The van der Waals surface area contributed by atoms with Gasteiger partial charge in [0.2, 0.25) is 0 Å². The molecule has 0 bridgehead atoms. The van der Waals surface area contributed by atoms with Gasteiger partial charge in [-0.2, -0.15) is 0 Å². The lowest BCUT2D eigenvalue weighted by molar-refractivity contribution is -0.133. The highest BCUT2D eigenvalue weighted by Crippen LogP contribution is 2.49. The summed E-state index contributed by atoms with van der Waals surface area (Å²) >= 11 is 1.61. The van der Waals surface area contributed by atoms with Gasteiger partial charge in [0.1, 0.15) is 5.75 Å². The van der Waals surface area contributed by atoms with E-state index < -0.39 is 11.2 Å². The van der Waals surface area contributed by atoms with Crippen LogP contribution in [0.4, 0.5) is 4.39 Å². The summed E-state index contributed by atoms with van der Waals surface area (Å²) in [6.45, 7) is 1.93. The fraction of sp³-hybridized carbons (Fsp3) is 0.281. The molecule has 0 spiro atoms. The zero-order valence-electron chi connectivity index (χ0n) is 21.8. The van der Waals surface area contributed by atoms with Crippen LogP contribution in [0.25, 0.3) is 15.8 Å². The van der Waals surface area contributed by atoms with Crippen molar-refractivity contribution in [2.45, 2.75) is 32.1 Å². The molecule has 0 N–H and O–H groups in total. The van der Waals surface area contributed by atoms with Gasteiger partial charge < -0.3 is 9.64 Å². The molecule has 6 rings (SSSR count). The second-order valence-corrected chi connectivity index (χ2v) is 11.6. The molecule has 3 heterocycles. The van der Waals surface area contributed by atoms with Gasteiger partial charge in [0.05, 0.1) is 15.6 Å². The van der Waals surface area contributed by atoms with Gasteiger partial charge in [0.15, 0.2) is 23.1 Å². The molecule has 5 nitrogen and oxygen atoms in total. The monoisotopic (exact) mass is 540 g/mol. The molecule has 1 fully saturated rings. The summed E-state index contributed by atoms with van der Waals surface area (Å²) in [7, 11) is 2.11. The average molecular weight is 541 g/mol. The van der Waals surface area contributed by atoms with E-state index in [0.717, 1.165) is 40.2 Å². The lowest BCUT2D eigenvalue weighted by Gasteiger charge is -2.21. The number of hydrogen-bond donors (Lipinski definition) is 0. The maximum atomic E-state index is 15.1. The van der Waals surface area contributed by atoms with E-state index in [4.69, 9.17) is 4.74 Å². The van der Waals surface area contributed by atoms with Crippen molar-refractivity contribution < 1.29 is 18.7 Å². The van der Waals surface area contributed by atoms with E-state index in [9.17, 15) is 9.59 Å². The fourth-order valence-electron chi connectivity index (χ4n) is 5.15. The van der Waals surface area contributed by atoms with E-state index in [1.807, 2.05) is 30.3 Å². The van der Waals surface area contributed by atoms with Gasteiger partial charge in [-0.05, 0) is 61.2 Å². The molecule has 2 aliphatic rings. The van der Waals surface area contributed by atoms with Crippen molar-refractivity contribution in [3.63, 3.8) is 0 Å². The summed E-state index contributed by atoms with van der Waals surface area (Å²) in [6, 6.07) is 17.9. The summed E-state index contributed by atoms with van der Waals surface area (Å²) in [5, 5.41) is 0. The average Bonchev–Trinajstić information content (AvgIpc) is 3.64. The summed E-state index contributed by atoms with van der Waals surface area (Å²) in [5.41, 5.74) is 2.64. The number of ketones is 2. The number of nitrogens with zero attached hydrogens (tertiary/aromatic N) is 2. The van der Waals surface area contributed by atoms with E-state index in [-0.39, 0.29) is 30.2 Å². The summed E-state index contributed by atoms with van der Waals surface area (Å²) in [4.78, 5) is 34.0. The SMILES string of the molecule is CN1CC=C(c2cc3nccc(Oc4ccc(CC(=O)C5(C(=O)Cc6ccccc6)CC5)cc4F)c3s2)CC1. The van der Waals surface area contributed by atoms with E-state index >= 15 is 4.39 Å². The van der Waals surface area contributed by atoms with E-state index in [2.05, 4.69) is 29.1 Å². The Bertz CT molecular complexity index is 1590. The molecule has 198 valence electrons. The fourth-order valence-corrected chi connectivity index (χ4v) is 6.28. The molecule has 1 aliphatic heterocycles. The second-order valence-electron chi connectivity index (χ2n) is 10.5. The van der Waals surface area contributed by atoms with Gasteiger partial charge >= 0.3 is 0 Å². The molecular weight excluding hydrogens is 511 g/mol. The predicted molar refractivity (Wildman–Crippen MR) is 152 cm³/mol. The molecule has 2 aromatic heterocycles. The first-order chi connectivity index (χ1) is 18.9. The van der Waals surface area contributed by atoms with Crippen LogP contribution in [0.3, 0.4) is 0 Å². The van der Waals surface area contributed by atoms with Gasteiger partial charge in [0, 0.05) is 43.1 Å². The van der Waals surface area contributed by atoms with Gasteiger partial charge in [-0.1, -0.05) is 42.5 Å². The number of carbonyl (C=O) groups is 2. The van der Waals surface area contributed by atoms with Gasteiger partial charge in [-0.3, -0.25) is 14.6 Å². The number of Topliss-reactive ketones (excluding diaryl/α,β-unsaturated/α-hetero) is 2. The highest BCUT2D eigenvalue weighted by atomic mass is 32.1. The van der Waals surface area contributed by atoms with Gasteiger partial charge in [-0.15, -0.1) is 11.3 Å². The quantitative estimate of drug-likeness (QED) is 0.223. The van der Waals surface area contributed by atoms with E-state index in [1.54, 1.807) is 35.7 Å². The lowest BCUT2D eigenvalue weighted by atomic mass is 9.88. The minimum atomic E-state index is -0.926. The summed E-state index contributed by atoms with van der Waals surface area (Å²) in [5.74, 6) is -0.0845. The zero-order chi connectivity index (χ0) is 27.0. The number of likely N-dealkylation sites (N-methyl/N-ethyl adjacent to an activating group) is 1. The number of benzene rings is 2. The number of carbonyl (C=O) groups excluding carboxylic acids is 2. The van der Waals surface area contributed by atoms with Crippen molar-refractivity contribution in [1.82, 2.24) is 9.88 Å². The topological polar surface area (TPSA) is 59.5 Å². The van der Waals surface area contributed by atoms with Crippen LogP contribution in [0, 0.1) is 11.2 Å². The molecule has 4 aromatic rings. The Labute approximate surface area is 230 Å². The number of halogens is 1. The van der Waals surface area contributed by atoms with Crippen molar-refractivity contribution >= 4 is 38.7 Å². The van der Waals surface area contributed by atoms with E-state index in [1.165, 1.54) is 11.6 Å². The van der Waals surface area contributed by atoms with Crippen molar-refractivity contribution in [2.24, 2.45) is 5.41 Å². The van der Waals surface area contributed by atoms with Crippen LogP contribution in [-0.2, 0) is 22.4 Å². The van der Waals surface area contributed by atoms with Crippen LogP contribution in [0.2, 0.25) is 0 Å². The van der Waals surface area contributed by atoms with Crippen LogP contribution in [0.5, 0.6) is 11.5 Å². The third-order valence-corrected chi connectivity index (χ3v) is 8.92. The Kier molecular flexibility index (Phi) is 6.87. The molecule has 2 aromatic carbocycles. The number of fused-ring (bicyclic) bond motifs is 1. The molecule has 39 heavy (non-hydrogen) atoms. The first-order valence-electron chi connectivity index (χ1n) is 13.2. The third kappa shape index (κ3) is 5.29. The first kappa shape index (κ1) is 25.6. The Morgan fingerprint density at radius 3 is 2.46 bits per heavy atom. The number of hydrogen-bond acceptors (Lipinski definition) is 6. The first-order valence-corrected chi connectivity index (χ1v) is 14.1. The molecule has 0 radical (unpaired) electrons. The van der Waals surface area contributed by atoms with Crippen LogP contribution in [0.15, 0.2) is 72.9 Å². The number of ether oxygens (including phenoxy) is 1. The van der Waals surface area contributed by atoms with Crippen molar-refractivity contribution in [2.75, 3.05) is 20.1 Å². The molecule has 7 heteroatoms. The summed E-state index contributed by atoms with van der Waals surface area (Å²) in [6.07, 6.45) is 6.29. The van der Waals surface area contributed by atoms with Crippen LogP contribution in [0.1, 0.15) is 35.3 Å². The molecule has 0 saturated heterocycles. The van der Waals surface area contributed by atoms with Crippen molar-refractivity contribution in [1.29, 1.82) is 0 Å². The number of rotatable bonds is 9. The normalized spacial score (nSPS) is 16.6. The largest absolute Gasteiger partial charge is 0.453 e. The van der Waals surface area contributed by atoms with Crippen LogP contribution < -0.4 is 4.74 Å². The molecule has 1 saturated carbocycles. The van der Waals surface area contributed by atoms with E-state index in [0.29, 0.717) is 24.2 Å². The Morgan fingerprint density at radius 1 is 1.00 bits per heavy atom. The van der Waals surface area contributed by atoms with Gasteiger partial charge in [0.25, 0.3) is 0 Å². The van der Waals surface area contributed by atoms with Gasteiger partial charge in [-0.25, -0.2) is 4.39 Å². The maximum Gasteiger partial charge on any atom is 0.166 e. The standard InChI is InChI=1S/C32H29FN2O3S/c1-35-15-10-23(11-16-35)28-20-25-31(39-28)27(9-14-34-25)38-26-8-7-22(17-24(26)33)19-30(37)32(12-13-32)29(36)18-21-5-3-2-4-6-21/h2-10,14,17,20H,11-13,15-16,18-19H2,1H3. The highest BCUT2D eigenvalue weighted by molar-refractivity contribution is 7.20. The number of thiophene rings is 1. The molecule has 0 atom stereocenters. The Hall–Kier alpha value is -3.68. The van der Waals surface area contributed by atoms with Crippen LogP contribution in [-0.4, -0.2) is 41.6 Å². The molecule has 1 aliphatic carbocycles. The third-order valence-electron chi connectivity index (χ3n) is 7.71. The smallest absolute Gasteiger partial charge is 0.166 e.